The van der Waals surface area contributed by atoms with Crippen LogP contribution in [0, 0.1) is 0 Å². The lowest BCUT2D eigenvalue weighted by Gasteiger charge is -2.28. The fourth-order valence-corrected chi connectivity index (χ4v) is 3.94. The van der Waals surface area contributed by atoms with Crippen LogP contribution in [0.5, 0.6) is 5.75 Å². The van der Waals surface area contributed by atoms with Crippen molar-refractivity contribution in [3.05, 3.63) is 59.0 Å². The van der Waals surface area contributed by atoms with Crippen molar-refractivity contribution < 1.29 is 36.2 Å². The highest BCUT2D eigenvalue weighted by atomic mass is 32.2. The number of nitrogens with zero attached hydrogens (tertiary/aromatic N) is 1. The van der Waals surface area contributed by atoms with E-state index in [9.17, 15) is 31.5 Å². The van der Waals surface area contributed by atoms with Gasteiger partial charge in [-0.1, -0.05) is 12.1 Å². The molecule has 148 valence electrons. The van der Waals surface area contributed by atoms with Crippen molar-refractivity contribution >= 4 is 33.1 Å². The van der Waals surface area contributed by atoms with Crippen molar-refractivity contribution in [2.75, 3.05) is 16.7 Å². The van der Waals surface area contributed by atoms with E-state index in [-0.39, 0.29) is 16.9 Å². The molecule has 0 fully saturated rings. The van der Waals surface area contributed by atoms with Crippen LogP contribution in [0.4, 0.5) is 24.5 Å². The molecule has 0 aliphatic carbocycles. The third-order valence-corrected chi connectivity index (χ3v) is 5.70. The van der Waals surface area contributed by atoms with Crippen molar-refractivity contribution in [2.24, 2.45) is 0 Å². The minimum Gasteiger partial charge on any atom is -0.506 e. The van der Waals surface area contributed by atoms with Crippen LogP contribution in [0.2, 0.25) is 0 Å². The van der Waals surface area contributed by atoms with Gasteiger partial charge in [0.05, 0.1) is 5.69 Å². The van der Waals surface area contributed by atoms with E-state index in [1.54, 1.807) is 12.1 Å². The summed E-state index contributed by atoms with van der Waals surface area (Å²) in [4.78, 5) is 11.6. The van der Waals surface area contributed by atoms with Gasteiger partial charge in [0.2, 0.25) is 0 Å². The summed E-state index contributed by atoms with van der Waals surface area (Å²) >= 11 is 0. The van der Waals surface area contributed by atoms with E-state index in [0.717, 1.165) is 28.6 Å². The summed E-state index contributed by atoms with van der Waals surface area (Å²) < 4.78 is 66.4. The number of hydrogen-bond acceptors (Lipinski definition) is 5. The second-order valence-electron chi connectivity index (χ2n) is 5.69. The SMILES string of the molecule is CN1c2ccccc2C(O)=C(C(=O)Nc2ccc(OC(F)(F)F)cc2)S1(=O)=O. The fourth-order valence-electron chi connectivity index (χ4n) is 2.61. The number of sulfonamides is 1. The Balaban J connectivity index is 1.92. The predicted molar refractivity (Wildman–Crippen MR) is 95.1 cm³/mol. The molecule has 0 spiro atoms. The first-order valence-electron chi connectivity index (χ1n) is 7.69. The Morgan fingerprint density at radius 3 is 2.32 bits per heavy atom. The molecular weight excluding hydrogens is 401 g/mol. The normalized spacial score (nSPS) is 15.8. The van der Waals surface area contributed by atoms with E-state index in [1.807, 2.05) is 0 Å². The number of alkyl halides is 3. The van der Waals surface area contributed by atoms with Gasteiger partial charge in [0.25, 0.3) is 15.9 Å². The second-order valence-corrected chi connectivity index (χ2v) is 7.60. The Kier molecular flexibility index (Phi) is 4.71. The fraction of sp³-hybridized carbons (Fsp3) is 0.118. The number of anilines is 2. The van der Waals surface area contributed by atoms with Gasteiger partial charge in [-0.25, -0.2) is 8.42 Å². The summed E-state index contributed by atoms with van der Waals surface area (Å²) in [6, 6.07) is 10.2. The molecule has 0 saturated carbocycles. The number of halogens is 3. The Morgan fingerprint density at radius 1 is 1.11 bits per heavy atom. The lowest BCUT2D eigenvalue weighted by Crippen LogP contribution is -2.37. The number of aliphatic hydroxyl groups excluding tert-OH is 1. The standard InChI is InChI=1S/C17H13F3N2O5S/c1-22-13-5-3-2-4-12(13)14(23)15(28(22,25)26)16(24)21-10-6-8-11(9-7-10)27-17(18,19)20/h2-9,23H,1H3,(H,21,24). The van der Waals surface area contributed by atoms with E-state index >= 15 is 0 Å². The molecule has 11 heteroatoms. The number of ether oxygens (including phenoxy) is 1. The number of carbonyl (C=O) groups excluding carboxylic acids is 1. The minimum atomic E-state index is -4.87. The number of amides is 1. The third-order valence-electron chi connectivity index (χ3n) is 3.88. The maximum Gasteiger partial charge on any atom is 0.573 e. The van der Waals surface area contributed by atoms with Gasteiger partial charge in [0, 0.05) is 18.3 Å². The molecule has 1 heterocycles. The Labute approximate surface area is 157 Å². The average Bonchev–Trinajstić information content (AvgIpc) is 2.60. The van der Waals surface area contributed by atoms with Crippen LogP contribution >= 0.6 is 0 Å². The molecule has 1 aliphatic heterocycles. The quantitative estimate of drug-likeness (QED) is 0.804. The van der Waals surface area contributed by atoms with Crippen LogP contribution in [0.1, 0.15) is 5.56 Å². The van der Waals surface area contributed by atoms with E-state index < -0.39 is 38.7 Å². The lowest BCUT2D eigenvalue weighted by atomic mass is 10.1. The van der Waals surface area contributed by atoms with Gasteiger partial charge in [-0.15, -0.1) is 13.2 Å². The highest BCUT2D eigenvalue weighted by Gasteiger charge is 2.39. The van der Waals surface area contributed by atoms with Crippen LogP contribution in [0.3, 0.4) is 0 Å². The molecule has 1 aliphatic rings. The van der Waals surface area contributed by atoms with Crippen LogP contribution in [0.25, 0.3) is 5.76 Å². The Hall–Kier alpha value is -3.21. The van der Waals surface area contributed by atoms with E-state index in [4.69, 9.17) is 0 Å². The number of rotatable bonds is 3. The zero-order valence-corrected chi connectivity index (χ0v) is 15.0. The van der Waals surface area contributed by atoms with Crippen molar-refractivity contribution in [2.45, 2.75) is 6.36 Å². The number of aliphatic hydroxyl groups is 1. The molecule has 2 aromatic carbocycles. The Morgan fingerprint density at radius 2 is 1.71 bits per heavy atom. The summed E-state index contributed by atoms with van der Waals surface area (Å²) in [6.07, 6.45) is -4.87. The molecule has 0 radical (unpaired) electrons. The van der Waals surface area contributed by atoms with Crippen LogP contribution < -0.4 is 14.4 Å². The number of hydrogen-bond donors (Lipinski definition) is 2. The van der Waals surface area contributed by atoms with Crippen molar-refractivity contribution in [1.29, 1.82) is 0 Å². The van der Waals surface area contributed by atoms with Crippen LogP contribution in [-0.2, 0) is 14.8 Å². The zero-order chi connectivity index (χ0) is 20.7. The van der Waals surface area contributed by atoms with Crippen LogP contribution in [0.15, 0.2) is 53.4 Å². The van der Waals surface area contributed by atoms with Crippen molar-refractivity contribution in [1.82, 2.24) is 0 Å². The minimum absolute atomic E-state index is 0.0107. The van der Waals surface area contributed by atoms with E-state index in [2.05, 4.69) is 10.1 Å². The first-order chi connectivity index (χ1) is 13.0. The first-order valence-corrected chi connectivity index (χ1v) is 9.13. The number of benzene rings is 2. The molecule has 0 atom stereocenters. The average molecular weight is 414 g/mol. The second kappa shape index (κ2) is 6.75. The Bertz CT molecular complexity index is 1060. The van der Waals surface area contributed by atoms with E-state index in [0.29, 0.717) is 0 Å². The lowest BCUT2D eigenvalue weighted by molar-refractivity contribution is -0.274. The largest absolute Gasteiger partial charge is 0.573 e. The van der Waals surface area contributed by atoms with Gasteiger partial charge in [0.15, 0.2) is 10.7 Å². The summed E-state index contributed by atoms with van der Waals surface area (Å²) in [5.74, 6) is -2.36. The first kappa shape index (κ1) is 19.5. The number of para-hydroxylation sites is 1. The molecular formula is C17H13F3N2O5S. The van der Waals surface area contributed by atoms with Crippen molar-refractivity contribution in [3.63, 3.8) is 0 Å². The number of fused-ring (bicyclic) bond motifs is 1. The van der Waals surface area contributed by atoms with Crippen molar-refractivity contribution in [3.8, 4) is 5.75 Å². The third kappa shape index (κ3) is 3.60. The molecule has 0 unspecified atom stereocenters. The van der Waals surface area contributed by atoms with Gasteiger partial charge in [-0.05, 0) is 36.4 Å². The van der Waals surface area contributed by atoms with Gasteiger partial charge in [-0.3, -0.25) is 9.10 Å². The zero-order valence-electron chi connectivity index (χ0n) is 14.2. The molecule has 0 saturated heterocycles. The number of nitrogens with one attached hydrogen (secondary N) is 1. The molecule has 7 nitrogen and oxygen atoms in total. The highest BCUT2D eigenvalue weighted by Crippen LogP contribution is 2.37. The molecule has 0 bridgehead atoms. The smallest absolute Gasteiger partial charge is 0.506 e. The van der Waals surface area contributed by atoms with Gasteiger partial charge >= 0.3 is 6.36 Å². The molecule has 0 aromatic heterocycles. The maximum absolute atomic E-state index is 12.6. The topological polar surface area (TPSA) is 95.9 Å². The molecule has 2 aromatic rings. The summed E-state index contributed by atoms with van der Waals surface area (Å²) in [5.41, 5.74) is 0.362. The summed E-state index contributed by atoms with van der Waals surface area (Å²) in [7, 11) is -3.11. The van der Waals surface area contributed by atoms with E-state index in [1.165, 1.54) is 19.2 Å². The molecule has 1 amide bonds. The number of carbonyl (C=O) groups is 1. The maximum atomic E-state index is 12.6. The summed E-state index contributed by atoms with van der Waals surface area (Å²) in [5, 5.41) is 12.6. The monoisotopic (exact) mass is 414 g/mol. The van der Waals surface area contributed by atoms with Crippen LogP contribution in [-0.4, -0.2) is 32.8 Å². The molecule has 28 heavy (non-hydrogen) atoms. The predicted octanol–water partition coefficient (Wildman–Crippen LogP) is 3.23. The van der Waals surface area contributed by atoms with Gasteiger partial charge in [0.1, 0.15) is 5.75 Å². The molecule has 3 rings (SSSR count). The highest BCUT2D eigenvalue weighted by molar-refractivity contribution is 7.97. The van der Waals surface area contributed by atoms with Gasteiger partial charge in [-0.2, -0.15) is 0 Å². The van der Waals surface area contributed by atoms with Gasteiger partial charge < -0.3 is 15.2 Å². The molecule has 2 N–H and O–H groups in total. The summed E-state index contributed by atoms with van der Waals surface area (Å²) in [6.45, 7) is 0.